The fourth-order valence-electron chi connectivity index (χ4n) is 2.81. The summed E-state index contributed by atoms with van der Waals surface area (Å²) in [6.07, 6.45) is -0.598. The van der Waals surface area contributed by atoms with Crippen molar-refractivity contribution in [1.82, 2.24) is 9.21 Å². The summed E-state index contributed by atoms with van der Waals surface area (Å²) >= 11 is 0. The molecule has 1 saturated heterocycles. The van der Waals surface area contributed by atoms with E-state index in [1.807, 2.05) is 24.3 Å². The van der Waals surface area contributed by atoms with E-state index < -0.39 is 16.1 Å². The van der Waals surface area contributed by atoms with E-state index in [1.54, 1.807) is 18.7 Å². The molecular formula is C18H28N2O4S. The van der Waals surface area contributed by atoms with Gasteiger partial charge in [0.15, 0.2) is 6.10 Å². The van der Waals surface area contributed by atoms with Gasteiger partial charge < -0.3 is 9.64 Å². The van der Waals surface area contributed by atoms with Gasteiger partial charge in [-0.15, -0.1) is 0 Å². The van der Waals surface area contributed by atoms with Crippen LogP contribution in [-0.4, -0.2) is 61.6 Å². The van der Waals surface area contributed by atoms with E-state index >= 15 is 0 Å². The van der Waals surface area contributed by atoms with Crippen molar-refractivity contribution in [3.8, 4) is 5.75 Å². The molecule has 1 aliphatic rings. The summed E-state index contributed by atoms with van der Waals surface area (Å²) in [7, 11) is -3.19. The van der Waals surface area contributed by atoms with Crippen molar-refractivity contribution >= 4 is 15.9 Å². The van der Waals surface area contributed by atoms with Gasteiger partial charge in [-0.1, -0.05) is 26.0 Å². The second kappa shape index (κ2) is 8.19. The molecule has 1 aromatic carbocycles. The van der Waals surface area contributed by atoms with Crippen LogP contribution in [0.3, 0.4) is 0 Å². The number of ether oxygens (including phenoxy) is 1. The van der Waals surface area contributed by atoms with Crippen molar-refractivity contribution in [3.63, 3.8) is 0 Å². The second-order valence-electron chi connectivity index (χ2n) is 6.61. The Hall–Kier alpha value is -1.60. The predicted molar refractivity (Wildman–Crippen MR) is 98.2 cm³/mol. The maximum absolute atomic E-state index is 12.5. The molecule has 0 spiro atoms. The van der Waals surface area contributed by atoms with Crippen LogP contribution in [0, 0.1) is 0 Å². The lowest BCUT2D eigenvalue weighted by atomic mass is 10.0. The third kappa shape index (κ3) is 4.95. The maximum atomic E-state index is 12.5. The van der Waals surface area contributed by atoms with E-state index in [9.17, 15) is 13.2 Å². The molecular weight excluding hydrogens is 340 g/mol. The van der Waals surface area contributed by atoms with Gasteiger partial charge in [-0.25, -0.2) is 8.42 Å². The third-order valence-corrected chi connectivity index (χ3v) is 6.40. The van der Waals surface area contributed by atoms with E-state index in [4.69, 9.17) is 4.74 Å². The highest BCUT2D eigenvalue weighted by molar-refractivity contribution is 7.89. The quantitative estimate of drug-likeness (QED) is 0.771. The van der Waals surface area contributed by atoms with Crippen molar-refractivity contribution in [2.75, 3.05) is 31.9 Å². The number of benzene rings is 1. The van der Waals surface area contributed by atoms with Crippen LogP contribution < -0.4 is 4.74 Å². The Morgan fingerprint density at radius 1 is 1.08 bits per heavy atom. The number of rotatable bonds is 6. The van der Waals surface area contributed by atoms with Gasteiger partial charge in [-0.2, -0.15) is 4.31 Å². The minimum absolute atomic E-state index is 0.0901. The molecule has 0 saturated carbocycles. The SMILES string of the molecule is CCS(=O)(=O)N1CCN(C(=O)C(C)Oc2ccc(C(C)C)cc2)CC1. The fraction of sp³-hybridized carbons (Fsp3) is 0.611. The fourth-order valence-corrected chi connectivity index (χ4v) is 3.90. The second-order valence-corrected chi connectivity index (χ2v) is 8.87. The Morgan fingerprint density at radius 2 is 1.64 bits per heavy atom. The first-order valence-electron chi connectivity index (χ1n) is 8.77. The van der Waals surface area contributed by atoms with Gasteiger partial charge in [0.1, 0.15) is 5.75 Å². The first-order chi connectivity index (χ1) is 11.7. The molecule has 0 bridgehead atoms. The highest BCUT2D eigenvalue weighted by Gasteiger charge is 2.30. The van der Waals surface area contributed by atoms with Crippen LogP contribution in [0.25, 0.3) is 0 Å². The van der Waals surface area contributed by atoms with Crippen LogP contribution in [0.4, 0.5) is 0 Å². The Labute approximate surface area is 150 Å². The molecule has 1 heterocycles. The lowest BCUT2D eigenvalue weighted by Crippen LogP contribution is -2.53. The van der Waals surface area contributed by atoms with Crippen LogP contribution >= 0.6 is 0 Å². The van der Waals surface area contributed by atoms with Crippen molar-refractivity contribution in [1.29, 1.82) is 0 Å². The van der Waals surface area contributed by atoms with Crippen LogP contribution in [-0.2, 0) is 14.8 Å². The molecule has 1 aromatic rings. The topological polar surface area (TPSA) is 66.9 Å². The zero-order valence-electron chi connectivity index (χ0n) is 15.4. The third-order valence-electron chi connectivity index (χ3n) is 4.52. The molecule has 25 heavy (non-hydrogen) atoms. The minimum atomic E-state index is -3.19. The number of nitrogens with zero attached hydrogens (tertiary/aromatic N) is 2. The molecule has 0 aliphatic carbocycles. The largest absolute Gasteiger partial charge is 0.481 e. The number of hydrogen-bond donors (Lipinski definition) is 0. The van der Waals surface area contributed by atoms with E-state index in [2.05, 4.69) is 13.8 Å². The maximum Gasteiger partial charge on any atom is 0.263 e. The number of carbonyl (C=O) groups is 1. The Balaban J connectivity index is 1.90. The monoisotopic (exact) mass is 368 g/mol. The van der Waals surface area contributed by atoms with Gasteiger partial charge in [-0.3, -0.25) is 4.79 Å². The smallest absolute Gasteiger partial charge is 0.263 e. The standard InChI is InChI=1S/C18H28N2O4S/c1-5-25(22,23)20-12-10-19(11-13-20)18(21)15(4)24-17-8-6-16(7-9-17)14(2)3/h6-9,14-15H,5,10-13H2,1-4H3. The van der Waals surface area contributed by atoms with E-state index in [1.165, 1.54) is 9.87 Å². The molecule has 2 rings (SSSR count). The van der Waals surface area contributed by atoms with Crippen molar-refractivity contribution in [3.05, 3.63) is 29.8 Å². The van der Waals surface area contributed by atoms with Gasteiger partial charge in [0, 0.05) is 26.2 Å². The average molecular weight is 368 g/mol. The van der Waals surface area contributed by atoms with Gasteiger partial charge in [0.25, 0.3) is 5.91 Å². The average Bonchev–Trinajstić information content (AvgIpc) is 2.61. The minimum Gasteiger partial charge on any atom is -0.481 e. The summed E-state index contributed by atoms with van der Waals surface area (Å²) in [6.45, 7) is 9.10. The first-order valence-corrected chi connectivity index (χ1v) is 10.4. The molecule has 1 amide bonds. The zero-order chi connectivity index (χ0) is 18.6. The summed E-state index contributed by atoms with van der Waals surface area (Å²) in [5, 5.41) is 0. The summed E-state index contributed by atoms with van der Waals surface area (Å²) in [4.78, 5) is 14.2. The number of carbonyl (C=O) groups excluding carboxylic acids is 1. The summed E-state index contributed by atoms with van der Waals surface area (Å²) in [5.74, 6) is 1.09. The van der Waals surface area contributed by atoms with Crippen LogP contribution in [0.1, 0.15) is 39.2 Å². The number of sulfonamides is 1. The lowest BCUT2D eigenvalue weighted by molar-refractivity contribution is -0.139. The Bertz CT molecular complexity index is 678. The van der Waals surface area contributed by atoms with E-state index in [-0.39, 0.29) is 11.7 Å². The van der Waals surface area contributed by atoms with Crippen molar-refractivity contribution < 1.29 is 17.9 Å². The Morgan fingerprint density at radius 3 is 2.12 bits per heavy atom. The van der Waals surface area contributed by atoms with Crippen molar-refractivity contribution in [2.45, 2.75) is 39.7 Å². The Kier molecular flexibility index (Phi) is 6.46. The van der Waals surface area contributed by atoms with Crippen molar-refractivity contribution in [2.24, 2.45) is 0 Å². The van der Waals surface area contributed by atoms with Gasteiger partial charge in [-0.05, 0) is 37.5 Å². The van der Waals surface area contributed by atoms with Gasteiger partial charge >= 0.3 is 0 Å². The van der Waals surface area contributed by atoms with Gasteiger partial charge in [0.05, 0.1) is 5.75 Å². The molecule has 1 atom stereocenters. The molecule has 7 heteroatoms. The molecule has 6 nitrogen and oxygen atoms in total. The number of amides is 1. The van der Waals surface area contributed by atoms with Crippen LogP contribution in [0.2, 0.25) is 0 Å². The number of piperazine rings is 1. The molecule has 0 aromatic heterocycles. The summed E-state index contributed by atoms with van der Waals surface area (Å²) < 4.78 is 31.0. The molecule has 1 fully saturated rings. The molecule has 0 N–H and O–H groups in total. The van der Waals surface area contributed by atoms with Crippen LogP contribution in [0.15, 0.2) is 24.3 Å². The van der Waals surface area contributed by atoms with Crippen LogP contribution in [0.5, 0.6) is 5.75 Å². The highest BCUT2D eigenvalue weighted by atomic mass is 32.2. The lowest BCUT2D eigenvalue weighted by Gasteiger charge is -2.35. The highest BCUT2D eigenvalue weighted by Crippen LogP contribution is 2.20. The van der Waals surface area contributed by atoms with E-state index in [0.29, 0.717) is 37.8 Å². The molecule has 1 aliphatic heterocycles. The van der Waals surface area contributed by atoms with E-state index in [0.717, 1.165) is 0 Å². The summed E-state index contributed by atoms with van der Waals surface area (Å²) in [5.41, 5.74) is 1.22. The predicted octanol–water partition coefficient (Wildman–Crippen LogP) is 2.07. The molecule has 140 valence electrons. The molecule has 0 radical (unpaired) electrons. The number of hydrogen-bond acceptors (Lipinski definition) is 4. The first kappa shape index (κ1) is 19.7. The normalized spacial score (nSPS) is 17.6. The summed E-state index contributed by atoms with van der Waals surface area (Å²) in [6, 6.07) is 7.77. The zero-order valence-corrected chi connectivity index (χ0v) is 16.3. The molecule has 1 unspecified atom stereocenters. The van der Waals surface area contributed by atoms with Gasteiger partial charge in [0.2, 0.25) is 10.0 Å².